The van der Waals surface area contributed by atoms with E-state index in [1.54, 1.807) is 24.3 Å². The molecule has 0 atom stereocenters. The van der Waals surface area contributed by atoms with Crippen LogP contribution in [-0.4, -0.2) is 43.8 Å². The predicted molar refractivity (Wildman–Crippen MR) is 137 cm³/mol. The molecule has 0 saturated carbocycles. The number of methoxy groups -OCH3 is 1. The molecule has 1 aliphatic carbocycles. The van der Waals surface area contributed by atoms with Gasteiger partial charge in [0.25, 0.3) is 0 Å². The van der Waals surface area contributed by atoms with Gasteiger partial charge < -0.3 is 10.1 Å². The number of nitrogens with one attached hydrogen (secondary N) is 1. The van der Waals surface area contributed by atoms with Crippen LogP contribution < -0.4 is 10.1 Å². The Labute approximate surface area is 207 Å². The van der Waals surface area contributed by atoms with Gasteiger partial charge in [-0.05, 0) is 47.9 Å². The monoisotopic (exact) mass is 505 g/mol. The van der Waals surface area contributed by atoms with Gasteiger partial charge in [-0.15, -0.1) is 0 Å². The van der Waals surface area contributed by atoms with Crippen LogP contribution in [0.3, 0.4) is 0 Å². The van der Waals surface area contributed by atoms with Crippen molar-refractivity contribution < 1.29 is 17.9 Å². The SMILES string of the molecule is COc1ccc(S(=O)(=O)N2CCC(C(=O)Nc3nc4c(s3)-c3cccc5cccc-4c35)CC2)cc1. The lowest BCUT2D eigenvalue weighted by atomic mass is 9.97. The average molecular weight is 506 g/mol. The highest BCUT2D eigenvalue weighted by molar-refractivity contribution is 7.89. The number of anilines is 1. The number of ether oxygens (including phenoxy) is 1. The van der Waals surface area contributed by atoms with Gasteiger partial charge in [-0.1, -0.05) is 47.7 Å². The van der Waals surface area contributed by atoms with E-state index >= 15 is 0 Å². The largest absolute Gasteiger partial charge is 0.497 e. The number of carbonyl (C=O) groups is 1. The van der Waals surface area contributed by atoms with Crippen LogP contribution in [0, 0.1) is 5.92 Å². The molecule has 0 bridgehead atoms. The van der Waals surface area contributed by atoms with Gasteiger partial charge >= 0.3 is 0 Å². The smallest absolute Gasteiger partial charge is 0.243 e. The van der Waals surface area contributed by atoms with Crippen LogP contribution in [0.1, 0.15) is 12.8 Å². The number of hydrogen-bond donors (Lipinski definition) is 1. The standard InChI is InChI=1S/C26H23N3O4S2/c1-33-18-8-10-19(11-9-18)35(31,32)29-14-12-17(13-15-29)25(30)28-26-27-23-20-6-2-4-16-5-3-7-21(22(16)20)24(23)34-26/h2-11,17H,12-15H2,1H3,(H,27,28,30). The van der Waals surface area contributed by atoms with Gasteiger partial charge in [0.2, 0.25) is 15.9 Å². The topological polar surface area (TPSA) is 88.6 Å². The molecule has 2 heterocycles. The molecule has 1 aromatic heterocycles. The van der Waals surface area contributed by atoms with Gasteiger partial charge in [-0.2, -0.15) is 4.31 Å². The lowest BCUT2D eigenvalue weighted by molar-refractivity contribution is -0.120. The van der Waals surface area contributed by atoms with Crippen molar-refractivity contribution in [2.24, 2.45) is 5.92 Å². The van der Waals surface area contributed by atoms with E-state index in [9.17, 15) is 13.2 Å². The Bertz CT molecular complexity index is 1500. The van der Waals surface area contributed by atoms with Crippen molar-refractivity contribution >= 4 is 43.2 Å². The molecule has 7 nitrogen and oxygen atoms in total. The molecule has 0 spiro atoms. The summed E-state index contributed by atoms with van der Waals surface area (Å²) in [6.07, 6.45) is 0.933. The lowest BCUT2D eigenvalue weighted by Crippen LogP contribution is -2.41. The van der Waals surface area contributed by atoms with E-state index in [1.165, 1.54) is 33.5 Å². The van der Waals surface area contributed by atoms with Gasteiger partial charge in [-0.25, -0.2) is 13.4 Å². The summed E-state index contributed by atoms with van der Waals surface area (Å²) in [5, 5.41) is 5.97. The van der Waals surface area contributed by atoms with E-state index in [0.29, 0.717) is 36.8 Å². The predicted octanol–water partition coefficient (Wildman–Crippen LogP) is 4.99. The fourth-order valence-electron chi connectivity index (χ4n) is 4.93. The average Bonchev–Trinajstić information content (AvgIpc) is 3.43. The van der Waals surface area contributed by atoms with Gasteiger partial charge in [0.15, 0.2) is 5.13 Å². The van der Waals surface area contributed by atoms with E-state index in [1.807, 2.05) is 12.1 Å². The molecule has 1 aliphatic heterocycles. The van der Waals surface area contributed by atoms with Gasteiger partial charge in [0, 0.05) is 30.1 Å². The molecule has 1 saturated heterocycles. The Hall–Kier alpha value is -3.27. The van der Waals surface area contributed by atoms with Crippen molar-refractivity contribution in [3.05, 3.63) is 60.7 Å². The molecular formula is C26H23N3O4S2. The first kappa shape index (κ1) is 22.2. The molecule has 0 unspecified atom stereocenters. The summed E-state index contributed by atoms with van der Waals surface area (Å²) in [7, 11) is -2.06. The Kier molecular flexibility index (Phi) is 5.36. The number of aromatic nitrogens is 1. The first-order valence-corrected chi connectivity index (χ1v) is 13.7. The Morgan fingerprint density at radius 2 is 1.71 bits per heavy atom. The Balaban J connectivity index is 1.13. The molecule has 2 aliphatic rings. The van der Waals surface area contributed by atoms with Crippen molar-refractivity contribution in [1.82, 2.24) is 9.29 Å². The fourth-order valence-corrected chi connectivity index (χ4v) is 7.41. The summed E-state index contributed by atoms with van der Waals surface area (Å²) in [4.78, 5) is 19.1. The number of rotatable bonds is 5. The zero-order chi connectivity index (χ0) is 24.2. The summed E-state index contributed by atoms with van der Waals surface area (Å²) < 4.78 is 32.5. The van der Waals surface area contributed by atoms with E-state index in [0.717, 1.165) is 21.7 Å². The number of carbonyl (C=O) groups excluding carboxylic acids is 1. The first-order chi connectivity index (χ1) is 17.0. The molecular weight excluding hydrogens is 482 g/mol. The van der Waals surface area contributed by atoms with E-state index in [-0.39, 0.29) is 16.7 Å². The molecule has 1 N–H and O–H groups in total. The van der Waals surface area contributed by atoms with Crippen LogP contribution in [0.2, 0.25) is 0 Å². The third-order valence-corrected chi connectivity index (χ3v) is 9.70. The van der Waals surface area contributed by atoms with E-state index in [4.69, 9.17) is 9.72 Å². The lowest BCUT2D eigenvalue weighted by Gasteiger charge is -2.30. The van der Waals surface area contributed by atoms with Crippen molar-refractivity contribution in [2.75, 3.05) is 25.5 Å². The van der Waals surface area contributed by atoms with Crippen molar-refractivity contribution in [3.63, 3.8) is 0 Å². The number of amides is 1. The molecule has 35 heavy (non-hydrogen) atoms. The number of nitrogens with zero attached hydrogens (tertiary/aromatic N) is 2. The number of benzene rings is 3. The maximum Gasteiger partial charge on any atom is 0.243 e. The molecule has 1 amide bonds. The minimum absolute atomic E-state index is 0.106. The summed E-state index contributed by atoms with van der Waals surface area (Å²) in [6.45, 7) is 0.604. The number of fused-ring (bicyclic) bond motifs is 3. The summed E-state index contributed by atoms with van der Waals surface area (Å²) in [5.41, 5.74) is 3.17. The van der Waals surface area contributed by atoms with Gasteiger partial charge in [0.1, 0.15) is 5.75 Å². The molecule has 9 heteroatoms. The molecule has 0 radical (unpaired) electrons. The van der Waals surface area contributed by atoms with Crippen LogP contribution in [-0.2, 0) is 14.8 Å². The van der Waals surface area contributed by atoms with Crippen LogP contribution in [0.15, 0.2) is 65.6 Å². The minimum atomic E-state index is -3.60. The number of sulfonamides is 1. The zero-order valence-corrected chi connectivity index (χ0v) is 20.7. The van der Waals surface area contributed by atoms with Crippen molar-refractivity contribution in [1.29, 1.82) is 0 Å². The minimum Gasteiger partial charge on any atom is -0.497 e. The molecule has 3 aromatic carbocycles. The second-order valence-corrected chi connectivity index (χ2v) is 11.7. The van der Waals surface area contributed by atoms with Crippen molar-refractivity contribution in [2.45, 2.75) is 17.7 Å². The van der Waals surface area contributed by atoms with Crippen LogP contribution in [0.5, 0.6) is 5.75 Å². The van der Waals surface area contributed by atoms with Crippen LogP contribution >= 0.6 is 11.3 Å². The van der Waals surface area contributed by atoms with Gasteiger partial charge in [0.05, 0.1) is 22.6 Å². The maximum absolute atomic E-state index is 13.0. The highest BCUT2D eigenvalue weighted by Crippen LogP contribution is 2.50. The number of hydrogen-bond acceptors (Lipinski definition) is 6. The highest BCUT2D eigenvalue weighted by Gasteiger charge is 2.33. The van der Waals surface area contributed by atoms with Crippen LogP contribution in [0.4, 0.5) is 5.13 Å². The highest BCUT2D eigenvalue weighted by atomic mass is 32.2. The molecule has 4 aromatic rings. The second kappa shape index (κ2) is 8.44. The maximum atomic E-state index is 13.0. The molecule has 1 fully saturated rings. The quantitative estimate of drug-likeness (QED) is 0.364. The Morgan fingerprint density at radius 1 is 1.03 bits per heavy atom. The number of piperidine rings is 1. The van der Waals surface area contributed by atoms with Gasteiger partial charge in [-0.3, -0.25) is 4.79 Å². The van der Waals surface area contributed by atoms with E-state index in [2.05, 4.69) is 29.6 Å². The molecule has 178 valence electrons. The first-order valence-electron chi connectivity index (χ1n) is 11.4. The van der Waals surface area contributed by atoms with Crippen molar-refractivity contribution in [3.8, 4) is 27.4 Å². The third kappa shape index (κ3) is 3.71. The summed E-state index contributed by atoms with van der Waals surface area (Å²) in [6, 6.07) is 18.8. The summed E-state index contributed by atoms with van der Waals surface area (Å²) in [5.74, 6) is 0.241. The second-order valence-electron chi connectivity index (χ2n) is 8.75. The molecule has 6 rings (SSSR count). The zero-order valence-electron chi connectivity index (χ0n) is 19.0. The fraction of sp³-hybridized carbons (Fsp3) is 0.231. The number of thiazole rings is 1. The normalized spacial score (nSPS) is 15.8. The Morgan fingerprint density at radius 3 is 2.40 bits per heavy atom. The van der Waals surface area contributed by atoms with Crippen LogP contribution in [0.25, 0.3) is 32.5 Å². The third-order valence-electron chi connectivity index (χ3n) is 6.78. The summed E-state index contributed by atoms with van der Waals surface area (Å²) >= 11 is 1.49. The van der Waals surface area contributed by atoms with E-state index < -0.39 is 10.0 Å².